The van der Waals surface area contributed by atoms with Gasteiger partial charge in [-0.3, -0.25) is 19.6 Å². The third-order valence-electron chi connectivity index (χ3n) is 3.56. The largest absolute Gasteiger partial charge is 0.462 e. The highest BCUT2D eigenvalue weighted by atomic mass is 79.9. The van der Waals surface area contributed by atoms with Crippen molar-refractivity contribution in [3.63, 3.8) is 0 Å². The van der Waals surface area contributed by atoms with Crippen molar-refractivity contribution in [2.24, 2.45) is 0 Å². The maximum Gasteiger partial charge on any atom is 0.341 e. The van der Waals surface area contributed by atoms with Crippen LogP contribution in [0.4, 0.5) is 0 Å². The van der Waals surface area contributed by atoms with Gasteiger partial charge in [-0.05, 0) is 45.7 Å². The highest BCUT2D eigenvalue weighted by molar-refractivity contribution is 9.11. The van der Waals surface area contributed by atoms with Crippen LogP contribution in [0.25, 0.3) is 11.1 Å². The lowest BCUT2D eigenvalue weighted by atomic mass is 9.94. The first-order valence-electron chi connectivity index (χ1n) is 8.03. The summed E-state index contributed by atoms with van der Waals surface area (Å²) in [5.41, 5.74) is -0.362. The molecule has 0 bridgehead atoms. The number of halogens is 2. The van der Waals surface area contributed by atoms with Crippen LogP contribution in [-0.2, 0) is 9.47 Å². The highest BCUT2D eigenvalue weighted by Crippen LogP contribution is 2.40. The van der Waals surface area contributed by atoms with E-state index in [2.05, 4.69) is 41.8 Å². The van der Waals surface area contributed by atoms with Crippen molar-refractivity contribution in [1.29, 1.82) is 0 Å². The fraction of sp³-hybridized carbons (Fsp3) is 0.222. The number of esters is 2. The van der Waals surface area contributed by atoms with Crippen LogP contribution in [0.2, 0.25) is 0 Å². The summed E-state index contributed by atoms with van der Waals surface area (Å²) < 4.78 is 10.7. The highest BCUT2D eigenvalue weighted by Gasteiger charge is 2.30. The van der Waals surface area contributed by atoms with Gasteiger partial charge < -0.3 is 9.47 Å². The molecule has 2 heterocycles. The second-order valence-corrected chi connectivity index (χ2v) is 6.87. The van der Waals surface area contributed by atoms with Gasteiger partial charge in [0.15, 0.2) is 12.6 Å². The Balaban J connectivity index is 2.99. The lowest BCUT2D eigenvalue weighted by Crippen LogP contribution is -2.16. The summed E-state index contributed by atoms with van der Waals surface area (Å²) in [4.78, 5) is 56.0. The number of pyridine rings is 2. The summed E-state index contributed by atoms with van der Waals surface area (Å²) in [6.07, 6.45) is 3.43. The molecule has 0 spiro atoms. The van der Waals surface area contributed by atoms with Crippen LogP contribution in [0.15, 0.2) is 21.3 Å². The number of nitrogens with zero attached hydrogens (tertiary/aromatic N) is 2. The van der Waals surface area contributed by atoms with Crippen LogP contribution in [0.3, 0.4) is 0 Å². The number of aromatic nitrogens is 2. The second-order valence-electron chi connectivity index (χ2n) is 5.16. The summed E-state index contributed by atoms with van der Waals surface area (Å²) >= 11 is 6.60. The van der Waals surface area contributed by atoms with Crippen molar-refractivity contribution in [2.45, 2.75) is 13.8 Å². The zero-order valence-corrected chi connectivity index (χ0v) is 18.0. The van der Waals surface area contributed by atoms with Gasteiger partial charge in [-0.15, -0.1) is 0 Å². The first-order valence-corrected chi connectivity index (χ1v) is 9.61. The smallest absolute Gasteiger partial charge is 0.341 e. The molecule has 2 aromatic rings. The lowest BCUT2D eigenvalue weighted by molar-refractivity contribution is 0.0512. The number of aldehydes is 2. The molecule has 146 valence electrons. The average Bonchev–Trinajstić information content (AvgIpc) is 2.68. The van der Waals surface area contributed by atoms with Crippen molar-refractivity contribution in [1.82, 2.24) is 9.97 Å². The molecule has 0 aromatic carbocycles. The Hall–Kier alpha value is -2.46. The van der Waals surface area contributed by atoms with Gasteiger partial charge in [-0.25, -0.2) is 9.59 Å². The van der Waals surface area contributed by atoms with Gasteiger partial charge in [0.05, 0.1) is 24.3 Å². The van der Waals surface area contributed by atoms with E-state index < -0.39 is 11.9 Å². The molecule has 0 aliphatic carbocycles. The molecule has 0 saturated heterocycles. The number of carbonyl (C=O) groups is 4. The Kier molecular flexibility index (Phi) is 7.53. The SMILES string of the molecule is CCOC(=O)c1c(C=O)ncc(Br)c1-c1c(Br)cnc(C=O)c1C(=O)OCC. The van der Waals surface area contributed by atoms with Crippen LogP contribution in [0.1, 0.15) is 55.5 Å². The van der Waals surface area contributed by atoms with Gasteiger partial charge in [0.1, 0.15) is 11.4 Å². The molecular formula is C18H14Br2N2O6. The molecule has 0 saturated carbocycles. The topological polar surface area (TPSA) is 113 Å². The molecule has 28 heavy (non-hydrogen) atoms. The van der Waals surface area contributed by atoms with Gasteiger partial charge in [0, 0.05) is 32.5 Å². The van der Waals surface area contributed by atoms with Gasteiger partial charge in [0.25, 0.3) is 0 Å². The number of carbonyl (C=O) groups excluding carboxylic acids is 4. The van der Waals surface area contributed by atoms with E-state index in [1.54, 1.807) is 13.8 Å². The minimum atomic E-state index is -0.806. The van der Waals surface area contributed by atoms with E-state index in [0.717, 1.165) is 0 Å². The average molecular weight is 514 g/mol. The molecule has 10 heteroatoms. The molecule has 0 radical (unpaired) electrons. The van der Waals surface area contributed by atoms with E-state index in [-0.39, 0.29) is 46.9 Å². The maximum atomic E-state index is 12.6. The zero-order valence-electron chi connectivity index (χ0n) is 14.8. The fourth-order valence-electron chi connectivity index (χ4n) is 2.49. The Morgan fingerprint density at radius 1 is 0.857 bits per heavy atom. The first kappa shape index (κ1) is 21.8. The standard InChI is InChI=1S/C18H14Br2N2O6/c1-3-27-17(25)15-11(7-23)21-5-9(19)13(15)14-10(20)6-22-12(8-24)16(14)18(26)28-4-2/h5-8H,3-4H2,1-2H3. The van der Waals surface area contributed by atoms with E-state index in [9.17, 15) is 19.2 Å². The third-order valence-corrected chi connectivity index (χ3v) is 4.76. The van der Waals surface area contributed by atoms with Gasteiger partial charge in [-0.1, -0.05) is 0 Å². The number of hydrogen-bond donors (Lipinski definition) is 0. The monoisotopic (exact) mass is 512 g/mol. The van der Waals surface area contributed by atoms with Crippen molar-refractivity contribution in [2.75, 3.05) is 13.2 Å². The van der Waals surface area contributed by atoms with Gasteiger partial charge in [0.2, 0.25) is 0 Å². The fourth-order valence-corrected chi connectivity index (χ4v) is 3.49. The molecule has 0 aliphatic heterocycles. The van der Waals surface area contributed by atoms with Crippen LogP contribution in [-0.4, -0.2) is 47.7 Å². The van der Waals surface area contributed by atoms with Gasteiger partial charge in [-0.2, -0.15) is 0 Å². The molecule has 0 atom stereocenters. The Morgan fingerprint density at radius 3 is 1.50 bits per heavy atom. The summed E-state index contributed by atoms with van der Waals surface area (Å²) in [5.74, 6) is -1.61. The van der Waals surface area contributed by atoms with Crippen LogP contribution < -0.4 is 0 Å². The van der Waals surface area contributed by atoms with E-state index in [0.29, 0.717) is 21.5 Å². The number of hydrogen-bond acceptors (Lipinski definition) is 8. The zero-order chi connectivity index (χ0) is 20.8. The summed E-state index contributed by atoms with van der Waals surface area (Å²) in [5, 5.41) is 0. The second kappa shape index (κ2) is 9.65. The van der Waals surface area contributed by atoms with E-state index in [1.807, 2.05) is 0 Å². The number of rotatable bonds is 7. The summed E-state index contributed by atoms with van der Waals surface area (Å²) in [6.45, 7) is 3.34. The van der Waals surface area contributed by atoms with E-state index in [1.165, 1.54) is 12.4 Å². The number of ether oxygens (including phenoxy) is 2. The van der Waals surface area contributed by atoms with Crippen molar-refractivity contribution < 1.29 is 28.7 Å². The van der Waals surface area contributed by atoms with Crippen molar-refractivity contribution in [3.05, 3.63) is 43.9 Å². The van der Waals surface area contributed by atoms with E-state index in [4.69, 9.17) is 9.47 Å². The molecular weight excluding hydrogens is 500 g/mol. The quantitative estimate of drug-likeness (QED) is 0.407. The van der Waals surface area contributed by atoms with Crippen molar-refractivity contribution >= 4 is 56.4 Å². The minimum absolute atomic E-state index is 0.0604. The molecule has 0 unspecified atom stereocenters. The summed E-state index contributed by atoms with van der Waals surface area (Å²) in [7, 11) is 0. The molecule has 0 aliphatic rings. The van der Waals surface area contributed by atoms with Gasteiger partial charge >= 0.3 is 11.9 Å². The Labute approximate surface area is 176 Å². The minimum Gasteiger partial charge on any atom is -0.462 e. The summed E-state index contributed by atoms with van der Waals surface area (Å²) in [6, 6.07) is 0. The molecule has 2 rings (SSSR count). The lowest BCUT2D eigenvalue weighted by Gasteiger charge is -2.17. The van der Waals surface area contributed by atoms with Crippen LogP contribution >= 0.6 is 31.9 Å². The third kappa shape index (κ3) is 4.17. The maximum absolute atomic E-state index is 12.6. The Bertz CT molecular complexity index is 884. The molecule has 0 amide bonds. The molecule has 0 N–H and O–H groups in total. The van der Waals surface area contributed by atoms with Crippen LogP contribution in [0, 0.1) is 0 Å². The van der Waals surface area contributed by atoms with Crippen LogP contribution in [0.5, 0.6) is 0 Å². The predicted molar refractivity (Wildman–Crippen MR) is 106 cm³/mol. The molecule has 0 fully saturated rings. The Morgan fingerprint density at radius 2 is 1.21 bits per heavy atom. The molecule has 8 nitrogen and oxygen atoms in total. The first-order chi connectivity index (χ1) is 13.4. The predicted octanol–water partition coefficient (Wildman–Crippen LogP) is 3.65. The van der Waals surface area contributed by atoms with E-state index >= 15 is 0 Å². The van der Waals surface area contributed by atoms with Crippen molar-refractivity contribution in [3.8, 4) is 11.1 Å². The normalized spacial score (nSPS) is 10.3. The molecule has 2 aromatic heterocycles.